The molecule has 0 amide bonds. The molecule has 16 heavy (non-hydrogen) atoms. The smallest absolute Gasteiger partial charge is 0.121 e. The van der Waals surface area contributed by atoms with E-state index in [0.29, 0.717) is 12.5 Å². The zero-order valence-electron chi connectivity index (χ0n) is 8.94. The summed E-state index contributed by atoms with van der Waals surface area (Å²) in [6, 6.07) is 7.94. The lowest BCUT2D eigenvalue weighted by Gasteiger charge is -2.04. The molecule has 0 spiro atoms. The average Bonchev–Trinajstić information content (AvgIpc) is 2.29. The van der Waals surface area contributed by atoms with Crippen molar-refractivity contribution in [3.63, 3.8) is 0 Å². The minimum atomic E-state index is 0. The molecule has 0 unspecified atom stereocenters. The molecule has 0 N–H and O–H groups in total. The molecule has 0 atom stereocenters. The number of nitrogens with zero attached hydrogens (tertiary/aromatic N) is 1. The van der Waals surface area contributed by atoms with Crippen molar-refractivity contribution >= 4 is 34.9 Å². The Hall–Kier alpha value is -0.990. The number of alkyl halides is 1. The topological polar surface area (TPSA) is 22.1 Å². The number of benzene rings is 1. The van der Waals surface area contributed by atoms with Crippen LogP contribution in [0.3, 0.4) is 0 Å². The first-order chi connectivity index (χ1) is 7.33. The van der Waals surface area contributed by atoms with Crippen LogP contribution in [0, 0.1) is 0 Å². The van der Waals surface area contributed by atoms with E-state index in [1.807, 2.05) is 31.2 Å². The maximum absolute atomic E-state index is 5.74. The highest BCUT2D eigenvalue weighted by molar-refractivity contribution is 6.17. The Morgan fingerprint density at radius 2 is 2.12 bits per heavy atom. The van der Waals surface area contributed by atoms with Gasteiger partial charge in [-0.05, 0) is 30.7 Å². The maximum atomic E-state index is 5.74. The summed E-state index contributed by atoms with van der Waals surface area (Å²) < 4.78 is 5.40. The van der Waals surface area contributed by atoms with Crippen LogP contribution in [0.25, 0.3) is 10.9 Å². The fourth-order valence-corrected chi connectivity index (χ4v) is 1.62. The molecule has 0 aliphatic carbocycles. The van der Waals surface area contributed by atoms with Crippen molar-refractivity contribution in [2.75, 3.05) is 6.61 Å². The van der Waals surface area contributed by atoms with Gasteiger partial charge in [-0.2, -0.15) is 0 Å². The first kappa shape index (κ1) is 13.1. The Morgan fingerprint density at radius 3 is 2.81 bits per heavy atom. The third kappa shape index (κ3) is 2.77. The molecule has 0 aliphatic heterocycles. The van der Waals surface area contributed by atoms with Crippen LogP contribution in [0.4, 0.5) is 0 Å². The lowest BCUT2D eigenvalue weighted by atomic mass is 10.2. The van der Waals surface area contributed by atoms with Gasteiger partial charge in [-0.1, -0.05) is 0 Å². The fourth-order valence-electron chi connectivity index (χ4n) is 1.48. The van der Waals surface area contributed by atoms with Crippen LogP contribution < -0.4 is 4.74 Å². The monoisotopic (exact) mass is 257 g/mol. The van der Waals surface area contributed by atoms with E-state index in [9.17, 15) is 0 Å². The molecule has 0 bridgehead atoms. The predicted molar refractivity (Wildman–Crippen MR) is 69.7 cm³/mol. The molecule has 4 heteroatoms. The van der Waals surface area contributed by atoms with Crippen molar-refractivity contribution in [3.8, 4) is 5.75 Å². The van der Waals surface area contributed by atoms with Gasteiger partial charge in [-0.25, -0.2) is 0 Å². The van der Waals surface area contributed by atoms with Crippen LogP contribution in [-0.2, 0) is 5.88 Å². The second kappa shape index (κ2) is 5.92. The quantitative estimate of drug-likeness (QED) is 0.781. The van der Waals surface area contributed by atoms with Gasteiger partial charge in [0.15, 0.2) is 0 Å². The highest BCUT2D eigenvalue weighted by atomic mass is 35.5. The van der Waals surface area contributed by atoms with Crippen molar-refractivity contribution in [1.29, 1.82) is 0 Å². The zero-order chi connectivity index (χ0) is 10.7. The van der Waals surface area contributed by atoms with Gasteiger partial charge < -0.3 is 4.74 Å². The number of rotatable bonds is 3. The van der Waals surface area contributed by atoms with Crippen LogP contribution >= 0.6 is 24.0 Å². The van der Waals surface area contributed by atoms with Crippen molar-refractivity contribution in [3.05, 3.63) is 36.0 Å². The van der Waals surface area contributed by atoms with Gasteiger partial charge in [0.2, 0.25) is 0 Å². The summed E-state index contributed by atoms with van der Waals surface area (Å²) in [6.45, 7) is 2.64. The summed E-state index contributed by atoms with van der Waals surface area (Å²) in [5, 5.41) is 1.09. The molecule has 0 fully saturated rings. The normalized spacial score (nSPS) is 9.88. The minimum Gasteiger partial charge on any atom is -0.494 e. The van der Waals surface area contributed by atoms with E-state index >= 15 is 0 Å². The number of hydrogen-bond acceptors (Lipinski definition) is 2. The average molecular weight is 258 g/mol. The minimum absolute atomic E-state index is 0. The molecule has 0 aliphatic rings. The van der Waals surface area contributed by atoms with Crippen LogP contribution in [0.1, 0.15) is 12.5 Å². The van der Waals surface area contributed by atoms with Gasteiger partial charge in [-0.15, -0.1) is 24.0 Å². The van der Waals surface area contributed by atoms with Gasteiger partial charge >= 0.3 is 0 Å². The Bertz CT molecular complexity index is 474. The summed E-state index contributed by atoms with van der Waals surface area (Å²) >= 11 is 5.74. The maximum Gasteiger partial charge on any atom is 0.121 e. The first-order valence-corrected chi connectivity index (χ1v) is 5.44. The number of aromatic nitrogens is 1. The largest absolute Gasteiger partial charge is 0.494 e. The highest BCUT2D eigenvalue weighted by Gasteiger charge is 1.99. The van der Waals surface area contributed by atoms with Gasteiger partial charge in [0, 0.05) is 23.5 Å². The van der Waals surface area contributed by atoms with Gasteiger partial charge in [0.1, 0.15) is 5.75 Å². The molecule has 2 nitrogen and oxygen atoms in total. The van der Waals surface area contributed by atoms with Crippen molar-refractivity contribution < 1.29 is 4.74 Å². The van der Waals surface area contributed by atoms with Crippen molar-refractivity contribution in [1.82, 2.24) is 4.98 Å². The van der Waals surface area contributed by atoms with Crippen LogP contribution in [0.15, 0.2) is 30.5 Å². The molecule has 1 aromatic carbocycles. The molecule has 0 radical (unpaired) electrons. The summed E-state index contributed by atoms with van der Waals surface area (Å²) in [5.74, 6) is 1.35. The second-order valence-corrected chi connectivity index (χ2v) is 3.53. The lowest BCUT2D eigenvalue weighted by Crippen LogP contribution is -1.91. The van der Waals surface area contributed by atoms with E-state index in [1.165, 1.54) is 0 Å². The number of hydrogen-bond donors (Lipinski definition) is 0. The van der Waals surface area contributed by atoms with Crippen LogP contribution in [0.2, 0.25) is 0 Å². The van der Waals surface area contributed by atoms with E-state index in [-0.39, 0.29) is 12.4 Å². The third-order valence-corrected chi connectivity index (χ3v) is 2.49. The van der Waals surface area contributed by atoms with E-state index in [1.54, 1.807) is 6.20 Å². The summed E-state index contributed by atoms with van der Waals surface area (Å²) in [4.78, 5) is 4.33. The molecule has 1 aromatic heterocycles. The molecule has 1 heterocycles. The lowest BCUT2D eigenvalue weighted by molar-refractivity contribution is 0.340. The third-order valence-electron chi connectivity index (χ3n) is 2.18. The summed E-state index contributed by atoms with van der Waals surface area (Å²) in [7, 11) is 0. The van der Waals surface area contributed by atoms with E-state index in [4.69, 9.17) is 16.3 Å². The van der Waals surface area contributed by atoms with Crippen LogP contribution in [0.5, 0.6) is 5.75 Å². The number of halogens is 2. The standard InChI is InChI=1S/C12H12ClNO.ClH/c1-2-15-11-4-3-10-5-9(7-13)8-14-12(10)6-11;/h3-6,8H,2,7H2,1H3;1H. The van der Waals surface area contributed by atoms with Crippen molar-refractivity contribution in [2.45, 2.75) is 12.8 Å². The first-order valence-electron chi connectivity index (χ1n) is 4.91. The SMILES string of the molecule is CCOc1ccc2cc(CCl)cnc2c1.Cl. The second-order valence-electron chi connectivity index (χ2n) is 3.26. The Balaban J connectivity index is 0.00000128. The molecule has 0 saturated carbocycles. The summed E-state index contributed by atoms with van der Waals surface area (Å²) in [5.41, 5.74) is 1.98. The molecule has 0 saturated heterocycles. The van der Waals surface area contributed by atoms with Crippen LogP contribution in [-0.4, -0.2) is 11.6 Å². The Morgan fingerprint density at radius 1 is 1.31 bits per heavy atom. The number of ether oxygens (including phenoxy) is 1. The van der Waals surface area contributed by atoms with Gasteiger partial charge in [0.05, 0.1) is 12.1 Å². The predicted octanol–water partition coefficient (Wildman–Crippen LogP) is 3.79. The van der Waals surface area contributed by atoms with E-state index in [0.717, 1.165) is 22.2 Å². The number of fused-ring (bicyclic) bond motifs is 1. The molecule has 2 aromatic rings. The van der Waals surface area contributed by atoms with E-state index in [2.05, 4.69) is 4.98 Å². The zero-order valence-corrected chi connectivity index (χ0v) is 10.5. The molecule has 86 valence electrons. The molecular weight excluding hydrogens is 245 g/mol. The Labute approximate surface area is 106 Å². The Kier molecular flexibility index (Phi) is 4.84. The van der Waals surface area contributed by atoms with Gasteiger partial charge in [-0.3, -0.25) is 4.98 Å². The fraction of sp³-hybridized carbons (Fsp3) is 0.250. The van der Waals surface area contributed by atoms with Gasteiger partial charge in [0.25, 0.3) is 0 Å². The number of pyridine rings is 1. The van der Waals surface area contributed by atoms with Crippen molar-refractivity contribution in [2.24, 2.45) is 0 Å². The highest BCUT2D eigenvalue weighted by Crippen LogP contribution is 2.20. The molecular formula is C12H13Cl2NO. The summed E-state index contributed by atoms with van der Waals surface area (Å²) in [6.07, 6.45) is 1.80. The van der Waals surface area contributed by atoms with E-state index < -0.39 is 0 Å². The molecule has 2 rings (SSSR count).